The Morgan fingerprint density at radius 1 is 1.12 bits per heavy atom. The molecule has 2 unspecified atom stereocenters. The monoisotopic (exact) mass is 441 g/mol. The number of hydrogen-bond donors (Lipinski definition) is 1. The average molecular weight is 442 g/mol. The van der Waals surface area contributed by atoms with Gasteiger partial charge in [0.05, 0.1) is 6.61 Å². The van der Waals surface area contributed by atoms with E-state index in [0.29, 0.717) is 13.0 Å². The maximum Gasteiger partial charge on any atom is 0.407 e. The van der Waals surface area contributed by atoms with Crippen molar-refractivity contribution in [2.75, 3.05) is 13.2 Å². The number of carbonyl (C=O) groups excluding carboxylic acids is 1. The summed E-state index contributed by atoms with van der Waals surface area (Å²) in [4.78, 5) is 12.0. The molecule has 1 aliphatic rings. The van der Waals surface area contributed by atoms with Crippen LogP contribution in [-0.4, -0.2) is 37.1 Å². The third-order valence-corrected chi connectivity index (χ3v) is 5.02. The van der Waals surface area contributed by atoms with Crippen LogP contribution >= 0.6 is 0 Å². The highest BCUT2D eigenvalue weighted by molar-refractivity contribution is 5.68. The molecule has 0 spiro atoms. The number of carbonyl (C=O) groups is 1. The minimum atomic E-state index is -0.510. The van der Waals surface area contributed by atoms with Crippen LogP contribution in [0.15, 0.2) is 30.3 Å². The van der Waals surface area contributed by atoms with Crippen LogP contribution in [0, 0.1) is 20.8 Å². The van der Waals surface area contributed by atoms with Crippen molar-refractivity contribution in [1.29, 1.82) is 0 Å². The SMILES string of the molecule is Cc1cc(Oc2c(C)cc(CC(C)NC(=O)OC(C)(C)C)cc2C)ccc1OCC1CO1. The molecule has 1 aliphatic heterocycles. The van der Waals surface area contributed by atoms with Gasteiger partial charge in [-0.05, 0) is 95.3 Å². The van der Waals surface area contributed by atoms with E-state index in [1.807, 2.05) is 66.7 Å². The van der Waals surface area contributed by atoms with E-state index < -0.39 is 11.7 Å². The van der Waals surface area contributed by atoms with E-state index in [-0.39, 0.29) is 12.1 Å². The summed E-state index contributed by atoms with van der Waals surface area (Å²) in [7, 11) is 0. The second kappa shape index (κ2) is 9.82. The second-order valence-corrected chi connectivity index (χ2v) is 9.61. The van der Waals surface area contributed by atoms with Crippen LogP contribution in [0.25, 0.3) is 0 Å². The first-order chi connectivity index (χ1) is 15.0. The highest BCUT2D eigenvalue weighted by atomic mass is 16.6. The van der Waals surface area contributed by atoms with Crippen molar-refractivity contribution in [2.24, 2.45) is 0 Å². The average Bonchev–Trinajstić information content (AvgIpc) is 3.46. The molecule has 1 amide bonds. The number of aryl methyl sites for hydroxylation is 3. The standard InChI is InChI=1S/C26H35NO5/c1-16-12-21(8-9-23(16)30-15-22-14-29-22)31-24-17(2)10-20(11-18(24)3)13-19(4)27-25(28)32-26(5,6)7/h8-12,19,22H,13-15H2,1-7H3,(H,27,28). The normalized spacial score (nSPS) is 16.3. The van der Waals surface area contributed by atoms with Crippen molar-refractivity contribution < 1.29 is 23.7 Å². The predicted molar refractivity (Wildman–Crippen MR) is 125 cm³/mol. The van der Waals surface area contributed by atoms with Crippen LogP contribution in [0.1, 0.15) is 49.9 Å². The van der Waals surface area contributed by atoms with E-state index >= 15 is 0 Å². The molecule has 3 rings (SSSR count). The zero-order valence-electron chi connectivity index (χ0n) is 20.2. The third kappa shape index (κ3) is 7.16. The highest BCUT2D eigenvalue weighted by Crippen LogP contribution is 2.33. The number of benzene rings is 2. The summed E-state index contributed by atoms with van der Waals surface area (Å²) < 4.78 is 22.6. The molecular weight excluding hydrogens is 406 g/mol. The molecule has 1 saturated heterocycles. The van der Waals surface area contributed by atoms with Crippen LogP contribution in [-0.2, 0) is 15.9 Å². The number of amides is 1. The molecule has 2 atom stereocenters. The summed E-state index contributed by atoms with van der Waals surface area (Å²) in [5.74, 6) is 2.47. The minimum absolute atomic E-state index is 0.0494. The summed E-state index contributed by atoms with van der Waals surface area (Å²) in [6.45, 7) is 15.0. The molecule has 1 heterocycles. The van der Waals surface area contributed by atoms with Gasteiger partial charge in [0.2, 0.25) is 0 Å². The van der Waals surface area contributed by atoms with Crippen LogP contribution in [0.2, 0.25) is 0 Å². The molecule has 174 valence electrons. The number of nitrogens with one attached hydrogen (secondary N) is 1. The Kier molecular flexibility index (Phi) is 7.34. The Morgan fingerprint density at radius 3 is 2.34 bits per heavy atom. The van der Waals surface area contributed by atoms with Gasteiger partial charge in [0.25, 0.3) is 0 Å². The van der Waals surface area contributed by atoms with Gasteiger partial charge < -0.3 is 24.3 Å². The van der Waals surface area contributed by atoms with Crippen molar-refractivity contribution in [3.8, 4) is 17.2 Å². The molecule has 0 aromatic heterocycles. The predicted octanol–water partition coefficient (Wildman–Crippen LogP) is 5.64. The van der Waals surface area contributed by atoms with Gasteiger partial charge in [-0.3, -0.25) is 0 Å². The van der Waals surface area contributed by atoms with Crippen molar-refractivity contribution >= 4 is 6.09 Å². The van der Waals surface area contributed by atoms with E-state index in [0.717, 1.165) is 46.1 Å². The fourth-order valence-electron chi connectivity index (χ4n) is 3.54. The van der Waals surface area contributed by atoms with Gasteiger partial charge in [0, 0.05) is 6.04 Å². The van der Waals surface area contributed by atoms with Crippen molar-refractivity contribution in [1.82, 2.24) is 5.32 Å². The Balaban J connectivity index is 1.62. The molecule has 0 aliphatic carbocycles. The van der Waals surface area contributed by atoms with Crippen LogP contribution in [0.4, 0.5) is 4.79 Å². The Labute approximate surface area is 191 Å². The van der Waals surface area contributed by atoms with Gasteiger partial charge in [-0.25, -0.2) is 4.79 Å². The molecule has 1 N–H and O–H groups in total. The molecule has 0 radical (unpaired) electrons. The van der Waals surface area contributed by atoms with E-state index in [1.165, 1.54) is 0 Å². The summed E-state index contributed by atoms with van der Waals surface area (Å²) in [5, 5.41) is 2.90. The van der Waals surface area contributed by atoms with Gasteiger partial charge in [-0.15, -0.1) is 0 Å². The molecule has 0 bridgehead atoms. The lowest BCUT2D eigenvalue weighted by Gasteiger charge is -2.22. The first-order valence-corrected chi connectivity index (χ1v) is 11.1. The van der Waals surface area contributed by atoms with Crippen molar-refractivity contribution in [3.63, 3.8) is 0 Å². The molecule has 6 nitrogen and oxygen atoms in total. The summed E-state index contributed by atoms with van der Waals surface area (Å²) in [5.41, 5.74) is 3.75. The number of rotatable bonds is 8. The molecule has 32 heavy (non-hydrogen) atoms. The lowest BCUT2D eigenvalue weighted by Crippen LogP contribution is -2.38. The molecular formula is C26H35NO5. The highest BCUT2D eigenvalue weighted by Gasteiger charge is 2.23. The van der Waals surface area contributed by atoms with Gasteiger partial charge in [-0.1, -0.05) is 12.1 Å². The van der Waals surface area contributed by atoms with E-state index in [2.05, 4.69) is 17.4 Å². The molecule has 2 aromatic rings. The summed E-state index contributed by atoms with van der Waals surface area (Å²) in [6, 6.07) is 10.0. The van der Waals surface area contributed by atoms with Crippen molar-refractivity contribution in [2.45, 2.75) is 72.6 Å². The quantitative estimate of drug-likeness (QED) is 0.537. The van der Waals surface area contributed by atoms with Gasteiger partial charge >= 0.3 is 6.09 Å². The van der Waals surface area contributed by atoms with E-state index in [1.54, 1.807) is 0 Å². The smallest absolute Gasteiger partial charge is 0.407 e. The lowest BCUT2D eigenvalue weighted by molar-refractivity contribution is 0.0508. The number of ether oxygens (including phenoxy) is 4. The Bertz CT molecular complexity index is 936. The minimum Gasteiger partial charge on any atom is -0.491 e. The van der Waals surface area contributed by atoms with E-state index in [9.17, 15) is 4.79 Å². The van der Waals surface area contributed by atoms with Crippen LogP contribution < -0.4 is 14.8 Å². The first kappa shape index (κ1) is 23.9. The maximum atomic E-state index is 12.0. The third-order valence-electron chi connectivity index (χ3n) is 5.02. The topological polar surface area (TPSA) is 69.3 Å². The first-order valence-electron chi connectivity index (χ1n) is 11.1. The summed E-state index contributed by atoms with van der Waals surface area (Å²) in [6.07, 6.45) is 0.541. The van der Waals surface area contributed by atoms with Crippen molar-refractivity contribution in [3.05, 3.63) is 52.6 Å². The fourth-order valence-corrected chi connectivity index (χ4v) is 3.54. The van der Waals surface area contributed by atoms with Gasteiger partial charge in [0.15, 0.2) is 0 Å². The Hall–Kier alpha value is -2.73. The summed E-state index contributed by atoms with van der Waals surface area (Å²) >= 11 is 0. The zero-order chi connectivity index (χ0) is 23.5. The second-order valence-electron chi connectivity index (χ2n) is 9.61. The molecule has 2 aromatic carbocycles. The fraction of sp³-hybridized carbons (Fsp3) is 0.500. The molecule has 1 fully saturated rings. The van der Waals surface area contributed by atoms with E-state index in [4.69, 9.17) is 18.9 Å². The van der Waals surface area contributed by atoms with Crippen LogP contribution in [0.5, 0.6) is 17.2 Å². The molecule has 6 heteroatoms. The number of hydrogen-bond acceptors (Lipinski definition) is 5. The van der Waals surface area contributed by atoms with Crippen LogP contribution in [0.3, 0.4) is 0 Å². The van der Waals surface area contributed by atoms with Gasteiger partial charge in [0.1, 0.15) is 35.6 Å². The number of epoxide rings is 1. The molecule has 0 saturated carbocycles. The largest absolute Gasteiger partial charge is 0.491 e. The Morgan fingerprint density at radius 2 is 1.78 bits per heavy atom. The zero-order valence-corrected chi connectivity index (χ0v) is 20.2. The van der Waals surface area contributed by atoms with Gasteiger partial charge in [-0.2, -0.15) is 0 Å². The number of alkyl carbamates (subject to hydrolysis) is 1. The lowest BCUT2D eigenvalue weighted by atomic mass is 10.0. The maximum absolute atomic E-state index is 12.0.